The third kappa shape index (κ3) is 117. The second kappa shape index (κ2) is 74.7. The molecule has 0 spiro atoms. The highest BCUT2D eigenvalue weighted by atomic mass is 79.9. The molecular formula is C37H82Br6Cl16O15Si10. The van der Waals surface area contributed by atoms with Gasteiger partial charge in [0.1, 0.15) is 6.23 Å². The zero-order chi connectivity index (χ0) is 69.7. The molecule has 0 saturated heterocycles. The van der Waals surface area contributed by atoms with Crippen molar-refractivity contribution in [3.8, 4) is 0 Å². The van der Waals surface area contributed by atoms with E-state index >= 15 is 0 Å². The summed E-state index contributed by atoms with van der Waals surface area (Å²) < 4.78 is 51.6. The Kier molecular flexibility index (Phi) is 103. The van der Waals surface area contributed by atoms with E-state index in [4.69, 9.17) is 248 Å². The Labute approximate surface area is 639 Å². The molecule has 0 aromatic heterocycles. The predicted molar refractivity (Wildman–Crippen MR) is 418 cm³/mol. The van der Waals surface area contributed by atoms with Crippen molar-refractivity contribution in [2.24, 2.45) is 0 Å². The minimum atomic E-state index is -2.72. The molecule has 15 nitrogen and oxygen atoms in total. The van der Waals surface area contributed by atoms with E-state index in [0.29, 0.717) is 5.50 Å². The lowest BCUT2D eigenvalue weighted by Crippen LogP contribution is -2.47. The Hall–Kier alpha value is 7.53. The first-order valence-corrected chi connectivity index (χ1v) is 67.1. The lowest BCUT2D eigenvalue weighted by molar-refractivity contribution is 0.0953. The van der Waals surface area contributed by atoms with Crippen molar-refractivity contribution < 1.29 is 69.8 Å². The smallest absolute Gasteiger partial charge is 0.418 e. The molecule has 0 fully saturated rings. The van der Waals surface area contributed by atoms with Crippen molar-refractivity contribution in [3.63, 3.8) is 0 Å². The summed E-state index contributed by atoms with van der Waals surface area (Å²) >= 11 is 103. The molecule has 0 saturated carbocycles. The molecule has 0 unspecified atom stereocenters. The minimum Gasteiger partial charge on any atom is -0.418 e. The van der Waals surface area contributed by atoms with Gasteiger partial charge in [-0.2, -0.15) is 0 Å². The van der Waals surface area contributed by atoms with Crippen LogP contribution in [0.2, 0.25) is 39.3 Å². The lowest BCUT2D eigenvalue weighted by atomic mass is 10.4. The van der Waals surface area contributed by atoms with Gasteiger partial charge in [0, 0.05) is 96.2 Å². The van der Waals surface area contributed by atoms with Gasteiger partial charge >= 0.3 is 59.3 Å². The zero-order valence-electron chi connectivity index (χ0n) is 48.8. The van der Waals surface area contributed by atoms with Crippen LogP contribution in [0.3, 0.4) is 0 Å². The Bertz CT molecular complexity index is 1480. The molecule has 84 heavy (non-hydrogen) atoms. The Morgan fingerprint density at radius 1 is 0.452 bits per heavy atom. The average Bonchev–Trinajstić information content (AvgIpc) is 3.43. The largest absolute Gasteiger partial charge is 0.527 e. The Morgan fingerprint density at radius 2 is 0.702 bits per heavy atom. The molecule has 0 heterocycles. The van der Waals surface area contributed by atoms with Crippen LogP contribution in [-0.4, -0.2) is 222 Å². The Morgan fingerprint density at radius 3 is 0.762 bits per heavy atom. The van der Waals surface area contributed by atoms with Gasteiger partial charge in [-0.1, -0.05) is 126 Å². The third-order valence-electron chi connectivity index (χ3n) is 7.25. The Balaban J connectivity index is -0.0000000772. The number of rotatable bonds is 18. The fourth-order valence-electron chi connectivity index (χ4n) is 2.24. The van der Waals surface area contributed by atoms with Crippen LogP contribution in [0.1, 0.15) is 0 Å². The van der Waals surface area contributed by atoms with Crippen LogP contribution < -0.4 is 5.19 Å². The van der Waals surface area contributed by atoms with Crippen LogP contribution in [0.25, 0.3) is 0 Å². The predicted octanol–water partition coefficient (Wildman–Crippen LogP) is 16.2. The van der Waals surface area contributed by atoms with Gasteiger partial charge in [-0.3, -0.25) is 0 Å². The van der Waals surface area contributed by atoms with Gasteiger partial charge in [0.25, 0.3) is 6.69 Å². The maximum atomic E-state index is 8.66. The van der Waals surface area contributed by atoms with Gasteiger partial charge < -0.3 is 69.8 Å². The number of alkyl halides is 5. The van der Waals surface area contributed by atoms with E-state index < -0.39 is 74.3 Å². The molecule has 2 aromatic rings. The highest BCUT2D eigenvalue weighted by Crippen LogP contribution is 2.23. The molecule has 514 valence electrons. The number of benzene rings is 2. The van der Waals surface area contributed by atoms with Crippen molar-refractivity contribution in [1.82, 2.24) is 0 Å². The fraction of sp³-hybridized carbons (Fsp3) is 0.676. The van der Waals surface area contributed by atoms with E-state index in [1.165, 1.54) is 35.5 Å². The topological polar surface area (TPSA) is 193 Å². The van der Waals surface area contributed by atoms with Gasteiger partial charge in [-0.15, -0.1) is 178 Å². The van der Waals surface area contributed by atoms with Crippen molar-refractivity contribution in [2.75, 3.05) is 123 Å². The lowest BCUT2D eigenvalue weighted by Gasteiger charge is -2.21. The first-order chi connectivity index (χ1) is 38.1. The van der Waals surface area contributed by atoms with Crippen LogP contribution in [0.15, 0.2) is 63.5 Å². The number of hydrogen-bond acceptors (Lipinski definition) is 15. The van der Waals surface area contributed by atoms with Crippen LogP contribution in [0, 0.1) is 0 Å². The van der Waals surface area contributed by atoms with Crippen molar-refractivity contribution in [2.45, 2.75) is 39.3 Å². The molecule has 5 N–H and O–H groups in total. The van der Waals surface area contributed by atoms with E-state index in [0.717, 1.165) is 29.0 Å². The van der Waals surface area contributed by atoms with Crippen LogP contribution in [0.5, 0.6) is 0 Å². The number of aliphatic hydroxyl groups excluding tert-OH is 5. The maximum Gasteiger partial charge on any atom is 0.527 e. The summed E-state index contributed by atoms with van der Waals surface area (Å²) in [5.74, 6) is 0. The number of halogens is 22. The maximum absolute atomic E-state index is 8.66. The highest BCUT2D eigenvalue weighted by molar-refractivity contribution is 9.24. The number of aliphatic hydroxyl groups is 5. The fourth-order valence-corrected chi connectivity index (χ4v) is 6.82. The second-order valence-electron chi connectivity index (χ2n) is 14.5. The van der Waals surface area contributed by atoms with Crippen LogP contribution in [0.4, 0.5) is 0 Å². The van der Waals surface area contributed by atoms with Gasteiger partial charge in [-0.25, -0.2) is 0 Å². The normalized spacial score (nSPS) is 11.0. The van der Waals surface area contributed by atoms with E-state index in [1.807, 2.05) is 67.7 Å². The SMILES string of the molecule is BrCBr.BrCCBr.Brc1ccc(Br)cc1.CO[SiH](CO)OC.CO[Si](C)(C)CO.CO[Si](C)(CO)OC.CO[Si](C)(CO)OC.CO[Si](CO)(OC)OC.C[Si](Cl)(Cl)CCl.C[Si](Cl)(Cl)Cl.Cl[SiH](Cl)Cl.Cl[Si](Cl)(Cl)Cl.Cl[Si](Cl)(Cl)c1ccccc1. The van der Waals surface area contributed by atoms with Gasteiger partial charge in [-0.05, 0) is 68.7 Å². The molecule has 0 bridgehead atoms. The van der Waals surface area contributed by atoms with Crippen molar-refractivity contribution in [3.05, 3.63) is 63.5 Å². The standard InChI is InChI=1S/C6H4Br2.C6H5Cl3Si.C4H12O4Si.2C4H12O3Si.C4H12O2Si.C3H10O3Si.C2H4Br2.C2H5Cl3Si.CH2Br2.CH3Cl3Si.Cl4Si.Cl3HSi/c7-5-1-2-6(8)4-3-5;7-10(8,9)6-4-2-1-3-5-6;1-6-9(4-5,7-2)8-3;2*1-6-8(3,4-5)7-2;1-6-7(2,3)4-5;1-5-7(3-4)6-2;3-1-2-4;1-6(4,5)2-3;2-1-3;2*1-5(2,3)4;1-4(2)3/h1-4H;1-5H;5H,4H2,1-3H3;2*5H,4H2,1-3H3;5H,4H2,1-3H3;4,7H,3H2,1-2H3;1-2H2;2H2,1H3;1H2;1H3;;4H. The summed E-state index contributed by atoms with van der Waals surface area (Å²) in [5, 5.41) is 42.9. The summed E-state index contributed by atoms with van der Waals surface area (Å²) in [4.78, 5) is 0. The molecule has 47 heteroatoms. The summed E-state index contributed by atoms with van der Waals surface area (Å²) in [6.07, 6.45) is 0.104. The molecule has 0 amide bonds. The molecular weight excluding hydrogens is 2010 g/mol. The summed E-state index contributed by atoms with van der Waals surface area (Å²) in [6, 6.07) is 12.4. The van der Waals surface area contributed by atoms with E-state index in [-0.39, 0.29) is 31.2 Å². The summed E-state index contributed by atoms with van der Waals surface area (Å²) in [6.45, 7) is 7.29. The number of hydrogen-bond donors (Lipinski definition) is 5. The van der Waals surface area contributed by atoms with Crippen LogP contribution >= 0.6 is 273 Å². The third-order valence-corrected chi connectivity index (χ3v) is 26.9. The molecule has 0 aliphatic rings. The molecule has 0 aliphatic carbocycles. The molecule has 0 radical (unpaired) electrons. The highest BCUT2D eigenvalue weighted by Gasteiger charge is 2.37. The molecule has 2 rings (SSSR count). The molecule has 2 aromatic carbocycles. The van der Waals surface area contributed by atoms with E-state index in [2.05, 4.69) is 95.6 Å². The van der Waals surface area contributed by atoms with Gasteiger partial charge in [0.05, 0.1) is 29.2 Å². The second-order valence-corrected chi connectivity index (χ2v) is 81.6. The molecule has 0 aliphatic heterocycles. The molecule has 0 atom stereocenters. The van der Waals surface area contributed by atoms with Crippen molar-refractivity contribution in [1.29, 1.82) is 0 Å². The summed E-state index contributed by atoms with van der Waals surface area (Å²) in [5.41, 5.74) is 0.413. The quantitative estimate of drug-likeness (QED) is 0.0537. The monoisotopic (exact) mass is 2080 g/mol. The zero-order valence-corrected chi connectivity index (χ0v) is 80.8. The first kappa shape index (κ1) is 116. The summed E-state index contributed by atoms with van der Waals surface area (Å²) in [7, 11) is 5.19. The van der Waals surface area contributed by atoms with E-state index in [9.17, 15) is 0 Å². The minimum absolute atomic E-state index is 0.0139. The first-order valence-electron chi connectivity index (χ1n) is 22.1. The van der Waals surface area contributed by atoms with Crippen LogP contribution in [-0.2, 0) is 44.3 Å². The van der Waals surface area contributed by atoms with Gasteiger partial charge in [0.2, 0.25) is 8.32 Å². The van der Waals surface area contributed by atoms with Gasteiger partial charge in [0.15, 0.2) is 0 Å². The van der Waals surface area contributed by atoms with E-state index in [1.54, 1.807) is 61.7 Å². The van der Waals surface area contributed by atoms with Crippen molar-refractivity contribution >= 4 is 353 Å². The average molecular weight is 2090 g/mol.